The molecule has 1 rings (SSSR count). The van der Waals surface area contributed by atoms with Gasteiger partial charge in [-0.1, -0.05) is 18.2 Å². The van der Waals surface area contributed by atoms with Crippen LogP contribution in [0.3, 0.4) is 0 Å². The van der Waals surface area contributed by atoms with Gasteiger partial charge in [-0.15, -0.1) is 0 Å². The minimum absolute atomic E-state index is 0.111. The van der Waals surface area contributed by atoms with Crippen LogP contribution < -0.4 is 4.74 Å². The van der Waals surface area contributed by atoms with Crippen LogP contribution in [0.15, 0.2) is 18.2 Å². The van der Waals surface area contributed by atoms with Crippen LogP contribution in [0.25, 0.3) is 0 Å². The van der Waals surface area contributed by atoms with Gasteiger partial charge in [-0.25, -0.2) is 4.79 Å². The lowest BCUT2D eigenvalue weighted by Crippen LogP contribution is -2.15. The average molecular weight is 224 g/mol. The first-order valence-corrected chi connectivity index (χ1v) is 5.16. The zero-order chi connectivity index (χ0) is 12.0. The van der Waals surface area contributed by atoms with Crippen molar-refractivity contribution in [3.8, 4) is 5.75 Å². The van der Waals surface area contributed by atoms with Crippen LogP contribution in [-0.4, -0.2) is 24.3 Å². The van der Waals surface area contributed by atoms with Crippen molar-refractivity contribution in [2.75, 3.05) is 13.2 Å². The molecular weight excluding hydrogens is 208 g/mol. The Kier molecular flexibility index (Phi) is 4.79. The zero-order valence-electron chi connectivity index (χ0n) is 9.53. The number of rotatable bonds is 5. The van der Waals surface area contributed by atoms with Crippen molar-refractivity contribution < 1.29 is 19.4 Å². The molecule has 0 heterocycles. The van der Waals surface area contributed by atoms with Crippen LogP contribution >= 0.6 is 0 Å². The minimum Gasteiger partial charge on any atom is -0.481 e. The first kappa shape index (κ1) is 12.5. The molecule has 0 unspecified atom stereocenters. The molecule has 4 heteroatoms. The van der Waals surface area contributed by atoms with E-state index in [1.165, 1.54) is 0 Å². The molecule has 1 aromatic carbocycles. The molecule has 1 aromatic rings. The van der Waals surface area contributed by atoms with Crippen LogP contribution in [0.2, 0.25) is 0 Å². The quantitative estimate of drug-likeness (QED) is 0.769. The fraction of sp³-hybridized carbons (Fsp3) is 0.417. The van der Waals surface area contributed by atoms with Gasteiger partial charge in [0, 0.05) is 5.56 Å². The van der Waals surface area contributed by atoms with E-state index in [9.17, 15) is 4.79 Å². The Labute approximate surface area is 94.8 Å². The second-order valence-corrected chi connectivity index (χ2v) is 3.31. The summed E-state index contributed by atoms with van der Waals surface area (Å²) in [4.78, 5) is 11.1. The zero-order valence-corrected chi connectivity index (χ0v) is 9.53. The summed E-state index contributed by atoms with van der Waals surface area (Å²) in [5.41, 5.74) is 1.56. The first-order valence-electron chi connectivity index (χ1n) is 5.16. The number of ether oxygens (including phenoxy) is 2. The predicted octanol–water partition coefficient (Wildman–Crippen LogP) is 1.43. The Morgan fingerprint density at radius 2 is 2.19 bits per heavy atom. The van der Waals surface area contributed by atoms with Crippen molar-refractivity contribution >= 4 is 5.97 Å². The maximum absolute atomic E-state index is 11.1. The number of aliphatic hydroxyl groups excluding tert-OH is 1. The molecule has 0 spiro atoms. The Bertz CT molecular complexity index is 360. The number of hydrogen-bond acceptors (Lipinski definition) is 4. The SMILES string of the molecule is CCOC(=O)COc1c(C)cccc1CO. The maximum Gasteiger partial charge on any atom is 0.344 e. The molecule has 0 aliphatic rings. The molecule has 88 valence electrons. The summed E-state index contributed by atoms with van der Waals surface area (Å²) in [7, 11) is 0. The standard InChI is InChI=1S/C12H16O4/c1-3-15-11(14)8-16-12-9(2)5-4-6-10(12)7-13/h4-6,13H,3,7-8H2,1-2H3. The topological polar surface area (TPSA) is 55.8 Å². The fourth-order valence-corrected chi connectivity index (χ4v) is 1.38. The summed E-state index contributed by atoms with van der Waals surface area (Å²) < 4.78 is 10.1. The van der Waals surface area contributed by atoms with E-state index in [-0.39, 0.29) is 13.2 Å². The van der Waals surface area contributed by atoms with Gasteiger partial charge in [0.1, 0.15) is 5.75 Å². The van der Waals surface area contributed by atoms with Crippen LogP contribution in [0, 0.1) is 6.92 Å². The van der Waals surface area contributed by atoms with Crippen molar-refractivity contribution in [1.29, 1.82) is 0 Å². The summed E-state index contributed by atoms with van der Waals surface area (Å²) in [6, 6.07) is 5.45. The number of esters is 1. The Balaban J connectivity index is 2.69. The first-order chi connectivity index (χ1) is 7.69. The molecular formula is C12H16O4. The third-order valence-corrected chi connectivity index (χ3v) is 2.10. The van der Waals surface area contributed by atoms with Gasteiger partial charge in [-0.3, -0.25) is 0 Å². The average Bonchev–Trinajstić information content (AvgIpc) is 2.27. The third-order valence-electron chi connectivity index (χ3n) is 2.10. The van der Waals surface area contributed by atoms with E-state index in [1.54, 1.807) is 13.0 Å². The molecule has 0 saturated heterocycles. The van der Waals surface area contributed by atoms with Gasteiger partial charge in [0.25, 0.3) is 0 Å². The fourth-order valence-electron chi connectivity index (χ4n) is 1.38. The van der Waals surface area contributed by atoms with Gasteiger partial charge in [0.05, 0.1) is 13.2 Å². The van der Waals surface area contributed by atoms with Gasteiger partial charge >= 0.3 is 5.97 Å². The van der Waals surface area contributed by atoms with E-state index in [0.717, 1.165) is 5.56 Å². The van der Waals surface area contributed by atoms with E-state index >= 15 is 0 Å². The predicted molar refractivity (Wildman–Crippen MR) is 59.2 cm³/mol. The molecule has 0 fully saturated rings. The third kappa shape index (κ3) is 3.24. The van der Waals surface area contributed by atoms with Gasteiger partial charge in [-0.05, 0) is 19.4 Å². The summed E-state index contributed by atoms with van der Waals surface area (Å²) in [5.74, 6) is 0.146. The van der Waals surface area contributed by atoms with Crippen molar-refractivity contribution in [3.63, 3.8) is 0 Å². The number of carbonyl (C=O) groups excluding carboxylic acids is 1. The van der Waals surface area contributed by atoms with Gasteiger partial charge in [0.15, 0.2) is 6.61 Å². The van der Waals surface area contributed by atoms with Gasteiger partial charge in [0.2, 0.25) is 0 Å². The number of aryl methyl sites for hydroxylation is 1. The number of aliphatic hydroxyl groups is 1. The van der Waals surface area contributed by atoms with E-state index in [2.05, 4.69) is 0 Å². The molecule has 0 aromatic heterocycles. The molecule has 0 saturated carbocycles. The number of para-hydroxylation sites is 1. The van der Waals surface area contributed by atoms with Crippen molar-refractivity contribution in [2.45, 2.75) is 20.5 Å². The van der Waals surface area contributed by atoms with E-state index in [0.29, 0.717) is 17.9 Å². The number of hydrogen-bond donors (Lipinski definition) is 1. The second kappa shape index (κ2) is 6.12. The monoisotopic (exact) mass is 224 g/mol. The van der Waals surface area contributed by atoms with Crippen molar-refractivity contribution in [3.05, 3.63) is 29.3 Å². The van der Waals surface area contributed by atoms with Crippen molar-refractivity contribution in [1.82, 2.24) is 0 Å². The second-order valence-electron chi connectivity index (χ2n) is 3.31. The highest BCUT2D eigenvalue weighted by Crippen LogP contribution is 2.23. The highest BCUT2D eigenvalue weighted by molar-refractivity contribution is 5.71. The van der Waals surface area contributed by atoms with Crippen LogP contribution in [-0.2, 0) is 16.1 Å². The molecule has 1 N–H and O–H groups in total. The summed E-state index contributed by atoms with van der Waals surface area (Å²) >= 11 is 0. The lowest BCUT2D eigenvalue weighted by Gasteiger charge is -2.12. The largest absolute Gasteiger partial charge is 0.481 e. The highest BCUT2D eigenvalue weighted by atomic mass is 16.6. The normalized spacial score (nSPS) is 9.94. The van der Waals surface area contributed by atoms with Gasteiger partial charge in [-0.2, -0.15) is 0 Å². The number of benzene rings is 1. The van der Waals surface area contributed by atoms with Crippen LogP contribution in [0.4, 0.5) is 0 Å². The van der Waals surface area contributed by atoms with Gasteiger partial charge < -0.3 is 14.6 Å². The van der Waals surface area contributed by atoms with Crippen LogP contribution in [0.5, 0.6) is 5.75 Å². The molecule has 0 atom stereocenters. The molecule has 0 amide bonds. The highest BCUT2D eigenvalue weighted by Gasteiger charge is 2.09. The summed E-state index contributed by atoms with van der Waals surface area (Å²) in [6.07, 6.45) is 0. The van der Waals surface area contributed by atoms with E-state index in [1.807, 2.05) is 19.1 Å². The lowest BCUT2D eigenvalue weighted by atomic mass is 10.1. The Morgan fingerprint density at radius 3 is 2.81 bits per heavy atom. The maximum atomic E-state index is 11.1. The Morgan fingerprint density at radius 1 is 1.44 bits per heavy atom. The molecule has 0 bridgehead atoms. The molecule has 0 aliphatic carbocycles. The van der Waals surface area contributed by atoms with E-state index in [4.69, 9.17) is 14.6 Å². The van der Waals surface area contributed by atoms with E-state index < -0.39 is 5.97 Å². The molecule has 0 radical (unpaired) electrons. The summed E-state index contributed by atoms with van der Waals surface area (Å²) in [5, 5.41) is 9.12. The lowest BCUT2D eigenvalue weighted by molar-refractivity contribution is -0.145. The molecule has 4 nitrogen and oxygen atoms in total. The Hall–Kier alpha value is -1.55. The smallest absolute Gasteiger partial charge is 0.344 e. The number of carbonyl (C=O) groups is 1. The summed E-state index contributed by atoms with van der Waals surface area (Å²) in [6.45, 7) is 3.69. The van der Waals surface area contributed by atoms with Crippen molar-refractivity contribution in [2.24, 2.45) is 0 Å². The minimum atomic E-state index is -0.408. The molecule has 16 heavy (non-hydrogen) atoms. The molecule has 0 aliphatic heterocycles. The van der Waals surface area contributed by atoms with Crippen LogP contribution in [0.1, 0.15) is 18.1 Å².